The van der Waals surface area contributed by atoms with E-state index in [1.54, 1.807) is 13.2 Å². The minimum Gasteiger partial charge on any atom is -0.377 e. The minimum absolute atomic E-state index is 0.0105. The van der Waals surface area contributed by atoms with Gasteiger partial charge in [0.05, 0.1) is 0 Å². The van der Waals surface area contributed by atoms with Gasteiger partial charge in [-0.1, -0.05) is 36.0 Å². The molecule has 0 atom stereocenters. The van der Waals surface area contributed by atoms with Gasteiger partial charge in [0.2, 0.25) is 5.91 Å². The molecule has 0 aliphatic rings. The first-order valence-corrected chi connectivity index (χ1v) is 8.64. The van der Waals surface area contributed by atoms with Crippen molar-refractivity contribution in [2.24, 2.45) is 0 Å². The number of benzene rings is 1. The molecule has 0 saturated carbocycles. The fourth-order valence-corrected chi connectivity index (χ4v) is 3.04. The standard InChI is InChI=1S/C17H22N4O2S/c1-4-10-21-15(12-23-3)19-20-17(21)24-11-9-16(22)18-14-8-6-5-7-13(14)2/h4-8H,1,9-12H2,2-3H3,(H,18,22). The monoisotopic (exact) mass is 346 g/mol. The number of para-hydroxylation sites is 1. The number of aryl methyl sites for hydroxylation is 1. The molecule has 1 amide bonds. The van der Waals surface area contributed by atoms with Crippen LogP contribution in [0.3, 0.4) is 0 Å². The highest BCUT2D eigenvalue weighted by Gasteiger charge is 2.12. The molecule has 1 aromatic heterocycles. The van der Waals surface area contributed by atoms with Gasteiger partial charge in [0.25, 0.3) is 0 Å². The maximum atomic E-state index is 12.1. The lowest BCUT2D eigenvalue weighted by Crippen LogP contribution is -2.13. The number of amides is 1. The van der Waals surface area contributed by atoms with Gasteiger partial charge in [0, 0.05) is 31.5 Å². The normalized spacial score (nSPS) is 10.6. The van der Waals surface area contributed by atoms with Gasteiger partial charge < -0.3 is 14.6 Å². The van der Waals surface area contributed by atoms with E-state index < -0.39 is 0 Å². The Balaban J connectivity index is 1.88. The summed E-state index contributed by atoms with van der Waals surface area (Å²) in [5.41, 5.74) is 1.90. The summed E-state index contributed by atoms with van der Waals surface area (Å²) in [5.74, 6) is 1.37. The molecular formula is C17H22N4O2S. The number of carbonyl (C=O) groups is 1. The molecule has 128 valence electrons. The van der Waals surface area contributed by atoms with Crippen molar-refractivity contribution < 1.29 is 9.53 Å². The molecule has 2 aromatic rings. The Kier molecular flexibility index (Phi) is 7.02. The zero-order valence-electron chi connectivity index (χ0n) is 14.0. The second kappa shape index (κ2) is 9.24. The lowest BCUT2D eigenvalue weighted by Gasteiger charge is -2.08. The third-order valence-corrected chi connectivity index (χ3v) is 4.33. The van der Waals surface area contributed by atoms with Crippen molar-refractivity contribution in [3.05, 3.63) is 48.3 Å². The Morgan fingerprint density at radius 1 is 1.42 bits per heavy atom. The second-order valence-corrected chi connectivity index (χ2v) is 6.25. The number of carbonyl (C=O) groups excluding carboxylic acids is 1. The van der Waals surface area contributed by atoms with Crippen molar-refractivity contribution in [2.45, 2.75) is 31.7 Å². The summed E-state index contributed by atoms with van der Waals surface area (Å²) in [7, 11) is 1.62. The van der Waals surface area contributed by atoms with E-state index in [1.807, 2.05) is 35.8 Å². The predicted octanol–water partition coefficient (Wildman–Crippen LogP) is 3.04. The van der Waals surface area contributed by atoms with E-state index in [2.05, 4.69) is 22.1 Å². The van der Waals surface area contributed by atoms with Crippen LogP contribution in [0.2, 0.25) is 0 Å². The average molecular weight is 346 g/mol. The fourth-order valence-electron chi connectivity index (χ4n) is 2.13. The number of hydrogen-bond acceptors (Lipinski definition) is 5. The molecule has 1 N–H and O–H groups in total. The van der Waals surface area contributed by atoms with Crippen LogP contribution < -0.4 is 5.32 Å². The zero-order valence-corrected chi connectivity index (χ0v) is 14.8. The first-order chi connectivity index (χ1) is 11.7. The van der Waals surface area contributed by atoms with E-state index in [0.29, 0.717) is 25.3 Å². The highest BCUT2D eigenvalue weighted by Crippen LogP contribution is 2.19. The first kappa shape index (κ1) is 18.2. The summed E-state index contributed by atoms with van der Waals surface area (Å²) in [4.78, 5) is 12.1. The maximum absolute atomic E-state index is 12.1. The molecule has 7 heteroatoms. The van der Waals surface area contributed by atoms with E-state index in [4.69, 9.17) is 4.74 Å². The summed E-state index contributed by atoms with van der Waals surface area (Å²) < 4.78 is 7.06. The van der Waals surface area contributed by atoms with Crippen molar-refractivity contribution >= 4 is 23.4 Å². The van der Waals surface area contributed by atoms with E-state index in [1.165, 1.54) is 11.8 Å². The van der Waals surface area contributed by atoms with Crippen molar-refractivity contribution in [2.75, 3.05) is 18.2 Å². The van der Waals surface area contributed by atoms with E-state index >= 15 is 0 Å². The summed E-state index contributed by atoms with van der Waals surface area (Å²) in [6, 6.07) is 7.73. The van der Waals surface area contributed by atoms with Gasteiger partial charge in [-0.05, 0) is 18.6 Å². The number of ether oxygens (including phenoxy) is 1. The Labute approximate surface area is 146 Å². The third kappa shape index (κ3) is 4.94. The molecule has 1 aromatic carbocycles. The van der Waals surface area contributed by atoms with Gasteiger partial charge in [0.15, 0.2) is 11.0 Å². The number of methoxy groups -OCH3 is 1. The van der Waals surface area contributed by atoms with E-state index in [9.17, 15) is 4.79 Å². The smallest absolute Gasteiger partial charge is 0.225 e. The molecule has 1 heterocycles. The SMILES string of the molecule is C=CCn1c(COC)nnc1SCCC(=O)Nc1ccccc1C. The number of allylic oxidation sites excluding steroid dienone is 1. The third-order valence-electron chi connectivity index (χ3n) is 3.36. The number of nitrogens with zero attached hydrogens (tertiary/aromatic N) is 3. The highest BCUT2D eigenvalue weighted by molar-refractivity contribution is 7.99. The maximum Gasteiger partial charge on any atom is 0.225 e. The molecule has 0 aliphatic heterocycles. The molecule has 2 rings (SSSR count). The highest BCUT2D eigenvalue weighted by atomic mass is 32.2. The molecule has 0 aliphatic carbocycles. The van der Waals surface area contributed by atoms with Crippen LogP contribution in [-0.2, 0) is 22.7 Å². The molecule has 0 unspecified atom stereocenters. The minimum atomic E-state index is -0.0105. The first-order valence-electron chi connectivity index (χ1n) is 7.66. The van der Waals surface area contributed by atoms with Gasteiger partial charge in [-0.15, -0.1) is 16.8 Å². The molecule has 0 saturated heterocycles. The number of anilines is 1. The molecule has 0 spiro atoms. The molecule has 24 heavy (non-hydrogen) atoms. The van der Waals surface area contributed by atoms with Gasteiger partial charge in [-0.25, -0.2) is 0 Å². The molecular weight excluding hydrogens is 324 g/mol. The summed E-state index contributed by atoms with van der Waals surface area (Å²) in [6.45, 7) is 6.74. The lowest BCUT2D eigenvalue weighted by molar-refractivity contribution is -0.115. The van der Waals surface area contributed by atoms with Crippen LogP contribution >= 0.6 is 11.8 Å². The summed E-state index contributed by atoms with van der Waals surface area (Å²) in [5, 5.41) is 12.0. The molecule has 6 nitrogen and oxygen atoms in total. The Morgan fingerprint density at radius 3 is 2.92 bits per heavy atom. The number of thioether (sulfide) groups is 1. The van der Waals surface area contributed by atoms with Crippen LogP contribution in [0.5, 0.6) is 0 Å². The predicted molar refractivity (Wildman–Crippen MR) is 96.1 cm³/mol. The van der Waals surface area contributed by atoms with E-state index in [0.717, 1.165) is 22.2 Å². The van der Waals surface area contributed by atoms with Crippen molar-refractivity contribution in [1.29, 1.82) is 0 Å². The van der Waals surface area contributed by atoms with Crippen LogP contribution in [-0.4, -0.2) is 33.5 Å². The van der Waals surface area contributed by atoms with Gasteiger partial charge in [0.1, 0.15) is 6.61 Å². The average Bonchev–Trinajstić information content (AvgIpc) is 2.93. The van der Waals surface area contributed by atoms with E-state index in [-0.39, 0.29) is 5.91 Å². The largest absolute Gasteiger partial charge is 0.377 e. The number of aromatic nitrogens is 3. The van der Waals surface area contributed by atoms with Crippen LogP contribution in [0.1, 0.15) is 17.8 Å². The van der Waals surface area contributed by atoms with Crippen LogP contribution in [0.25, 0.3) is 0 Å². The second-order valence-electron chi connectivity index (χ2n) is 5.19. The number of rotatable bonds is 9. The summed E-state index contributed by atoms with van der Waals surface area (Å²) >= 11 is 1.50. The molecule has 0 fully saturated rings. The summed E-state index contributed by atoms with van der Waals surface area (Å²) in [6.07, 6.45) is 2.19. The number of nitrogens with one attached hydrogen (secondary N) is 1. The van der Waals surface area contributed by atoms with Crippen LogP contribution in [0.15, 0.2) is 42.1 Å². The molecule has 0 bridgehead atoms. The van der Waals surface area contributed by atoms with Crippen LogP contribution in [0, 0.1) is 6.92 Å². The lowest BCUT2D eigenvalue weighted by atomic mass is 10.2. The topological polar surface area (TPSA) is 69.0 Å². The van der Waals surface area contributed by atoms with Crippen molar-refractivity contribution in [1.82, 2.24) is 14.8 Å². The quantitative estimate of drug-likeness (QED) is 0.558. The Bertz CT molecular complexity index is 700. The Hall–Kier alpha value is -2.12. The number of hydrogen-bond donors (Lipinski definition) is 1. The van der Waals surface area contributed by atoms with Crippen molar-refractivity contribution in [3.8, 4) is 0 Å². The van der Waals surface area contributed by atoms with Crippen molar-refractivity contribution in [3.63, 3.8) is 0 Å². The Morgan fingerprint density at radius 2 is 2.21 bits per heavy atom. The van der Waals surface area contributed by atoms with Crippen LogP contribution in [0.4, 0.5) is 5.69 Å². The molecule has 0 radical (unpaired) electrons. The fraction of sp³-hybridized carbons (Fsp3) is 0.353. The zero-order chi connectivity index (χ0) is 17.4. The van der Waals surface area contributed by atoms with Gasteiger partial charge in [-0.2, -0.15) is 0 Å². The van der Waals surface area contributed by atoms with Gasteiger partial charge >= 0.3 is 0 Å². The van der Waals surface area contributed by atoms with Gasteiger partial charge in [-0.3, -0.25) is 4.79 Å².